The summed E-state index contributed by atoms with van der Waals surface area (Å²) in [5.74, 6) is -1.28. The first kappa shape index (κ1) is 16.9. The molecule has 0 aromatic rings. The number of carbonyl (C=O) groups is 2. The second-order valence-electron chi connectivity index (χ2n) is 5.27. The molecule has 0 aliphatic heterocycles. The highest BCUT2D eigenvalue weighted by Crippen LogP contribution is 2.13. The van der Waals surface area contributed by atoms with Crippen molar-refractivity contribution in [3.05, 3.63) is 0 Å². The molecule has 0 aromatic carbocycles. The summed E-state index contributed by atoms with van der Waals surface area (Å²) < 4.78 is 0. The van der Waals surface area contributed by atoms with E-state index in [0.717, 1.165) is 0 Å². The van der Waals surface area contributed by atoms with Gasteiger partial charge in [-0.15, -0.1) is 0 Å². The average Bonchev–Trinajstić information content (AvgIpc) is 2.30. The van der Waals surface area contributed by atoms with Gasteiger partial charge in [0, 0.05) is 6.54 Å². The Morgan fingerprint density at radius 1 is 1.28 bits per heavy atom. The van der Waals surface area contributed by atoms with Crippen LogP contribution in [0, 0.1) is 17.8 Å². The maximum absolute atomic E-state index is 12.0. The van der Waals surface area contributed by atoms with Gasteiger partial charge in [0.05, 0.1) is 5.92 Å². The van der Waals surface area contributed by atoms with Crippen LogP contribution in [0.4, 0.5) is 0 Å². The molecule has 5 heteroatoms. The molecule has 18 heavy (non-hydrogen) atoms. The zero-order valence-electron chi connectivity index (χ0n) is 11.8. The van der Waals surface area contributed by atoms with E-state index in [2.05, 4.69) is 5.32 Å². The normalized spacial score (nSPS) is 16.1. The largest absolute Gasteiger partial charge is 0.480 e. The number of rotatable bonds is 8. The lowest BCUT2D eigenvalue weighted by atomic mass is 9.94. The molecule has 0 aliphatic rings. The fourth-order valence-electron chi connectivity index (χ4n) is 1.83. The van der Waals surface area contributed by atoms with Crippen molar-refractivity contribution in [3.8, 4) is 0 Å². The first-order valence-electron chi connectivity index (χ1n) is 6.56. The Labute approximate surface area is 109 Å². The molecule has 0 saturated carbocycles. The smallest absolute Gasteiger partial charge is 0.326 e. The van der Waals surface area contributed by atoms with Gasteiger partial charge in [0.1, 0.15) is 6.04 Å². The van der Waals surface area contributed by atoms with Crippen LogP contribution in [-0.2, 0) is 9.59 Å². The minimum absolute atomic E-state index is 0.0936. The van der Waals surface area contributed by atoms with Crippen LogP contribution in [0.1, 0.15) is 40.5 Å². The number of carboxylic acid groups (broad SMARTS) is 1. The lowest BCUT2D eigenvalue weighted by Gasteiger charge is -2.23. The van der Waals surface area contributed by atoms with E-state index in [-0.39, 0.29) is 24.3 Å². The third kappa shape index (κ3) is 5.49. The number of amides is 1. The van der Waals surface area contributed by atoms with Gasteiger partial charge in [-0.1, -0.05) is 34.1 Å². The minimum Gasteiger partial charge on any atom is -0.480 e. The topological polar surface area (TPSA) is 92.4 Å². The molecule has 0 aliphatic carbocycles. The second kappa shape index (κ2) is 8.08. The van der Waals surface area contributed by atoms with Crippen LogP contribution in [-0.4, -0.2) is 29.6 Å². The highest BCUT2D eigenvalue weighted by Gasteiger charge is 2.28. The number of nitrogens with one attached hydrogen (secondary N) is 1. The molecular weight excluding hydrogens is 232 g/mol. The lowest BCUT2D eigenvalue weighted by molar-refractivity contribution is -0.144. The Morgan fingerprint density at radius 2 is 1.83 bits per heavy atom. The summed E-state index contributed by atoms with van der Waals surface area (Å²) in [6.45, 7) is 8.00. The van der Waals surface area contributed by atoms with E-state index >= 15 is 0 Å². The van der Waals surface area contributed by atoms with Crippen molar-refractivity contribution in [3.63, 3.8) is 0 Å². The van der Waals surface area contributed by atoms with Crippen molar-refractivity contribution in [1.82, 2.24) is 5.32 Å². The lowest BCUT2D eigenvalue weighted by Crippen LogP contribution is -2.48. The van der Waals surface area contributed by atoms with E-state index < -0.39 is 12.0 Å². The molecule has 3 atom stereocenters. The number of carboxylic acids is 1. The maximum atomic E-state index is 12.0. The monoisotopic (exact) mass is 258 g/mol. The predicted octanol–water partition coefficient (Wildman–Crippen LogP) is 1.22. The number of carbonyl (C=O) groups excluding carboxylic acids is 1. The van der Waals surface area contributed by atoms with Crippen LogP contribution >= 0.6 is 0 Å². The first-order chi connectivity index (χ1) is 8.33. The molecule has 0 fully saturated rings. The van der Waals surface area contributed by atoms with Crippen molar-refractivity contribution < 1.29 is 14.7 Å². The summed E-state index contributed by atoms with van der Waals surface area (Å²) in [4.78, 5) is 23.1. The first-order valence-corrected chi connectivity index (χ1v) is 6.56. The van der Waals surface area contributed by atoms with Crippen molar-refractivity contribution >= 4 is 11.9 Å². The van der Waals surface area contributed by atoms with Crippen LogP contribution in [0.3, 0.4) is 0 Å². The van der Waals surface area contributed by atoms with Gasteiger partial charge < -0.3 is 16.2 Å². The van der Waals surface area contributed by atoms with E-state index in [0.29, 0.717) is 18.8 Å². The molecule has 0 radical (unpaired) electrons. The molecule has 0 spiro atoms. The molecule has 106 valence electrons. The highest BCUT2D eigenvalue weighted by atomic mass is 16.4. The summed E-state index contributed by atoms with van der Waals surface area (Å²) in [6.07, 6.45) is 1.38. The molecule has 1 unspecified atom stereocenters. The molecule has 0 bridgehead atoms. The van der Waals surface area contributed by atoms with Crippen LogP contribution in [0.2, 0.25) is 0 Å². The molecule has 0 saturated heterocycles. The maximum Gasteiger partial charge on any atom is 0.326 e. The minimum atomic E-state index is -0.988. The summed E-state index contributed by atoms with van der Waals surface area (Å²) >= 11 is 0. The van der Waals surface area contributed by atoms with Gasteiger partial charge in [-0.3, -0.25) is 4.79 Å². The average molecular weight is 258 g/mol. The molecule has 5 nitrogen and oxygen atoms in total. The summed E-state index contributed by atoms with van der Waals surface area (Å²) in [5, 5.41) is 11.7. The highest BCUT2D eigenvalue weighted by molar-refractivity contribution is 5.85. The van der Waals surface area contributed by atoms with E-state index in [9.17, 15) is 9.59 Å². The van der Waals surface area contributed by atoms with Gasteiger partial charge >= 0.3 is 5.97 Å². The zero-order chi connectivity index (χ0) is 14.3. The fourth-order valence-corrected chi connectivity index (χ4v) is 1.83. The third-order valence-electron chi connectivity index (χ3n) is 3.19. The molecule has 1 amide bonds. The van der Waals surface area contributed by atoms with Gasteiger partial charge in [0.15, 0.2) is 0 Å². The standard InChI is InChI=1S/C13H26N2O3/c1-5-9(4)11(13(17)18)15-12(16)10(7-14)6-8(2)3/h8-11H,5-7,14H2,1-4H3,(H,15,16)(H,17,18)/t9-,10?,11-/m0/s1. The van der Waals surface area contributed by atoms with Crippen molar-refractivity contribution in [1.29, 1.82) is 0 Å². The number of hydrogen-bond donors (Lipinski definition) is 3. The Kier molecular flexibility index (Phi) is 7.59. The quantitative estimate of drug-likeness (QED) is 0.610. The summed E-state index contributed by atoms with van der Waals surface area (Å²) in [5.41, 5.74) is 5.57. The van der Waals surface area contributed by atoms with E-state index in [4.69, 9.17) is 10.8 Å². The molecule has 0 aromatic heterocycles. The Hall–Kier alpha value is -1.10. The van der Waals surface area contributed by atoms with Gasteiger partial charge in [0.25, 0.3) is 0 Å². The molecular formula is C13H26N2O3. The summed E-state index contributed by atoms with van der Waals surface area (Å²) in [7, 11) is 0. The second-order valence-corrected chi connectivity index (χ2v) is 5.27. The molecule has 0 rings (SSSR count). The van der Waals surface area contributed by atoms with Crippen LogP contribution < -0.4 is 11.1 Å². The SMILES string of the molecule is CC[C@H](C)[C@H](NC(=O)C(CN)CC(C)C)C(=O)O. The Morgan fingerprint density at radius 3 is 2.17 bits per heavy atom. The molecule has 0 heterocycles. The van der Waals surface area contributed by atoms with Gasteiger partial charge in [-0.05, 0) is 18.3 Å². The Balaban J connectivity index is 4.61. The summed E-state index contributed by atoms with van der Waals surface area (Å²) in [6, 6.07) is -0.830. The van der Waals surface area contributed by atoms with Crippen molar-refractivity contribution in [2.24, 2.45) is 23.5 Å². The Bertz CT molecular complexity index is 279. The number of hydrogen-bond acceptors (Lipinski definition) is 3. The van der Waals surface area contributed by atoms with E-state index in [1.54, 1.807) is 0 Å². The van der Waals surface area contributed by atoms with Crippen molar-refractivity contribution in [2.45, 2.75) is 46.6 Å². The number of aliphatic carboxylic acids is 1. The van der Waals surface area contributed by atoms with Gasteiger partial charge in [-0.2, -0.15) is 0 Å². The van der Waals surface area contributed by atoms with Crippen LogP contribution in [0.15, 0.2) is 0 Å². The van der Waals surface area contributed by atoms with Crippen molar-refractivity contribution in [2.75, 3.05) is 6.54 Å². The van der Waals surface area contributed by atoms with E-state index in [1.807, 2.05) is 27.7 Å². The third-order valence-corrected chi connectivity index (χ3v) is 3.19. The fraction of sp³-hybridized carbons (Fsp3) is 0.846. The molecule has 4 N–H and O–H groups in total. The van der Waals surface area contributed by atoms with E-state index in [1.165, 1.54) is 0 Å². The van der Waals surface area contributed by atoms with Gasteiger partial charge in [-0.25, -0.2) is 4.79 Å². The van der Waals surface area contributed by atoms with Crippen LogP contribution in [0.5, 0.6) is 0 Å². The zero-order valence-corrected chi connectivity index (χ0v) is 11.8. The predicted molar refractivity (Wildman–Crippen MR) is 71.0 cm³/mol. The number of nitrogens with two attached hydrogens (primary N) is 1. The van der Waals surface area contributed by atoms with Gasteiger partial charge in [0.2, 0.25) is 5.91 Å². The van der Waals surface area contributed by atoms with Crippen LogP contribution in [0.25, 0.3) is 0 Å².